The number of amides is 1. The van der Waals surface area contributed by atoms with Crippen LogP contribution in [0.25, 0.3) is 21.2 Å². The Morgan fingerprint density at radius 1 is 1.26 bits per heavy atom. The van der Waals surface area contributed by atoms with Gasteiger partial charge < -0.3 is 8.98 Å². The highest BCUT2D eigenvalue weighted by molar-refractivity contribution is 7.16. The van der Waals surface area contributed by atoms with Crippen LogP contribution in [0, 0.1) is 6.92 Å². The standard InChI is InChI=1S/C20H15ClN2O3S/c1-3-23-17-11(2)8-13(21)10-16(17)27-20(23)22-18(24)14-9-12-6-4-5-7-15(12)26-19(14)25/h4-10H,3H2,1-2H3. The number of carbonyl (C=O) groups excluding carboxylic acids is 1. The van der Waals surface area contributed by atoms with Crippen LogP contribution in [0.5, 0.6) is 0 Å². The van der Waals surface area contributed by atoms with Gasteiger partial charge in [-0.3, -0.25) is 4.79 Å². The largest absolute Gasteiger partial charge is 0.422 e. The van der Waals surface area contributed by atoms with E-state index in [0.717, 1.165) is 15.8 Å². The van der Waals surface area contributed by atoms with Gasteiger partial charge in [0, 0.05) is 17.0 Å². The molecule has 0 saturated heterocycles. The highest BCUT2D eigenvalue weighted by atomic mass is 35.5. The number of carbonyl (C=O) groups is 1. The van der Waals surface area contributed by atoms with E-state index in [9.17, 15) is 9.59 Å². The van der Waals surface area contributed by atoms with Crippen molar-refractivity contribution in [3.63, 3.8) is 0 Å². The van der Waals surface area contributed by atoms with E-state index in [1.165, 1.54) is 17.4 Å². The zero-order chi connectivity index (χ0) is 19.1. The van der Waals surface area contributed by atoms with Crippen LogP contribution < -0.4 is 10.4 Å². The van der Waals surface area contributed by atoms with Crippen molar-refractivity contribution in [1.82, 2.24) is 4.57 Å². The summed E-state index contributed by atoms with van der Waals surface area (Å²) in [6.45, 7) is 4.59. The van der Waals surface area contributed by atoms with Crippen LogP contribution in [-0.2, 0) is 6.54 Å². The van der Waals surface area contributed by atoms with E-state index in [1.54, 1.807) is 18.2 Å². The molecule has 2 heterocycles. The predicted octanol–water partition coefficient (Wildman–Crippen LogP) is 4.53. The second kappa shape index (κ2) is 6.79. The molecule has 0 N–H and O–H groups in total. The Balaban J connectivity index is 1.91. The van der Waals surface area contributed by atoms with Crippen molar-refractivity contribution in [3.8, 4) is 0 Å². The molecule has 0 unspecified atom stereocenters. The van der Waals surface area contributed by atoms with Crippen molar-refractivity contribution in [2.45, 2.75) is 20.4 Å². The van der Waals surface area contributed by atoms with E-state index in [-0.39, 0.29) is 5.56 Å². The lowest BCUT2D eigenvalue weighted by molar-refractivity contribution is 0.0994. The average Bonchev–Trinajstić information content (AvgIpc) is 2.98. The second-order valence-electron chi connectivity index (χ2n) is 6.10. The molecule has 4 aromatic rings. The van der Waals surface area contributed by atoms with Gasteiger partial charge >= 0.3 is 5.63 Å². The number of fused-ring (bicyclic) bond motifs is 2. The van der Waals surface area contributed by atoms with E-state index < -0.39 is 11.5 Å². The van der Waals surface area contributed by atoms with Crippen LogP contribution in [0.3, 0.4) is 0 Å². The van der Waals surface area contributed by atoms with Crippen LogP contribution in [0.15, 0.2) is 56.7 Å². The van der Waals surface area contributed by atoms with Crippen molar-refractivity contribution in [3.05, 3.63) is 73.8 Å². The van der Waals surface area contributed by atoms with Crippen LogP contribution in [0.2, 0.25) is 5.02 Å². The summed E-state index contributed by atoms with van der Waals surface area (Å²) in [6, 6.07) is 12.3. The fourth-order valence-corrected chi connectivity index (χ4v) is 4.66. The number of aryl methyl sites for hydroxylation is 2. The first-order chi connectivity index (χ1) is 13.0. The van der Waals surface area contributed by atoms with E-state index in [0.29, 0.717) is 27.3 Å². The van der Waals surface area contributed by atoms with Crippen LogP contribution >= 0.6 is 22.9 Å². The normalized spacial score (nSPS) is 12.2. The third kappa shape index (κ3) is 3.11. The lowest BCUT2D eigenvalue weighted by Crippen LogP contribution is -2.19. The summed E-state index contributed by atoms with van der Waals surface area (Å²) in [5.41, 5.74) is 1.67. The Bertz CT molecular complexity index is 1330. The molecule has 0 fully saturated rings. The van der Waals surface area contributed by atoms with Crippen LogP contribution in [-0.4, -0.2) is 10.5 Å². The number of para-hydroxylation sites is 1. The maximum absolute atomic E-state index is 12.7. The Morgan fingerprint density at radius 3 is 2.81 bits per heavy atom. The van der Waals surface area contributed by atoms with Gasteiger partial charge in [-0.2, -0.15) is 4.99 Å². The molecule has 27 heavy (non-hydrogen) atoms. The monoisotopic (exact) mass is 398 g/mol. The highest BCUT2D eigenvalue weighted by Crippen LogP contribution is 2.25. The van der Waals surface area contributed by atoms with Gasteiger partial charge in [0.25, 0.3) is 5.91 Å². The number of halogens is 1. The van der Waals surface area contributed by atoms with Gasteiger partial charge in [-0.1, -0.05) is 41.1 Å². The molecule has 0 radical (unpaired) electrons. The summed E-state index contributed by atoms with van der Waals surface area (Å²) in [6.07, 6.45) is 0. The maximum atomic E-state index is 12.7. The fraction of sp³-hybridized carbons (Fsp3) is 0.150. The number of hydrogen-bond acceptors (Lipinski definition) is 4. The lowest BCUT2D eigenvalue weighted by atomic mass is 10.2. The summed E-state index contributed by atoms with van der Waals surface area (Å²) in [5.74, 6) is -0.619. The summed E-state index contributed by atoms with van der Waals surface area (Å²) in [4.78, 5) is 29.7. The Hall–Kier alpha value is -2.70. The van der Waals surface area contributed by atoms with Gasteiger partial charge in [-0.15, -0.1) is 0 Å². The van der Waals surface area contributed by atoms with E-state index >= 15 is 0 Å². The number of hydrogen-bond donors (Lipinski definition) is 0. The van der Waals surface area contributed by atoms with Gasteiger partial charge in [0.05, 0.1) is 10.2 Å². The van der Waals surface area contributed by atoms with Crippen molar-refractivity contribution >= 4 is 50.0 Å². The Morgan fingerprint density at radius 2 is 2.04 bits per heavy atom. The van der Waals surface area contributed by atoms with Crippen molar-refractivity contribution in [2.24, 2.45) is 4.99 Å². The zero-order valence-corrected chi connectivity index (χ0v) is 16.2. The van der Waals surface area contributed by atoms with Crippen LogP contribution in [0.4, 0.5) is 0 Å². The first-order valence-corrected chi connectivity index (χ1v) is 9.59. The Kier molecular flexibility index (Phi) is 4.45. The first kappa shape index (κ1) is 17.7. The quantitative estimate of drug-likeness (QED) is 0.466. The van der Waals surface area contributed by atoms with Gasteiger partial charge in [0.15, 0.2) is 4.80 Å². The number of nitrogens with zero attached hydrogens (tertiary/aromatic N) is 2. The van der Waals surface area contributed by atoms with Gasteiger partial charge in [0.1, 0.15) is 11.1 Å². The smallest absolute Gasteiger partial charge is 0.349 e. The molecule has 136 valence electrons. The molecule has 0 aliphatic carbocycles. The SMILES string of the molecule is CCn1c(=NC(=O)c2cc3ccccc3oc2=O)sc2cc(Cl)cc(C)c21. The second-order valence-corrected chi connectivity index (χ2v) is 7.55. The minimum Gasteiger partial charge on any atom is -0.422 e. The van der Waals surface area contributed by atoms with Gasteiger partial charge in [0.2, 0.25) is 0 Å². The number of rotatable bonds is 2. The fourth-order valence-electron chi connectivity index (χ4n) is 3.11. The summed E-state index contributed by atoms with van der Waals surface area (Å²) >= 11 is 7.52. The van der Waals surface area contributed by atoms with Crippen molar-refractivity contribution in [2.75, 3.05) is 0 Å². The van der Waals surface area contributed by atoms with Crippen LogP contribution in [0.1, 0.15) is 22.8 Å². The molecule has 1 amide bonds. The topological polar surface area (TPSA) is 64.6 Å². The van der Waals surface area contributed by atoms with Gasteiger partial charge in [-0.25, -0.2) is 4.79 Å². The molecular weight excluding hydrogens is 384 g/mol. The molecule has 0 saturated carbocycles. The lowest BCUT2D eigenvalue weighted by Gasteiger charge is -2.04. The Labute approximate surface area is 163 Å². The van der Waals surface area contributed by atoms with E-state index in [1.807, 2.05) is 36.6 Å². The third-order valence-electron chi connectivity index (χ3n) is 4.32. The summed E-state index contributed by atoms with van der Waals surface area (Å²) in [5, 5.41) is 1.32. The molecule has 5 nitrogen and oxygen atoms in total. The van der Waals surface area contributed by atoms with E-state index in [2.05, 4.69) is 4.99 Å². The minimum atomic E-state index is -0.689. The van der Waals surface area contributed by atoms with Gasteiger partial charge in [-0.05, 0) is 43.7 Å². The summed E-state index contributed by atoms with van der Waals surface area (Å²) < 4.78 is 8.14. The summed E-state index contributed by atoms with van der Waals surface area (Å²) in [7, 11) is 0. The molecule has 0 aliphatic heterocycles. The maximum Gasteiger partial charge on any atom is 0.349 e. The van der Waals surface area contributed by atoms with E-state index in [4.69, 9.17) is 16.0 Å². The number of aromatic nitrogens is 1. The molecule has 2 aromatic heterocycles. The molecular formula is C20H15ClN2O3S. The molecule has 7 heteroatoms. The minimum absolute atomic E-state index is 0.0800. The average molecular weight is 399 g/mol. The predicted molar refractivity (Wildman–Crippen MR) is 108 cm³/mol. The highest BCUT2D eigenvalue weighted by Gasteiger charge is 2.15. The third-order valence-corrected chi connectivity index (χ3v) is 5.56. The number of benzene rings is 2. The van der Waals surface area contributed by atoms with Crippen molar-refractivity contribution in [1.29, 1.82) is 0 Å². The first-order valence-electron chi connectivity index (χ1n) is 8.39. The molecule has 0 bridgehead atoms. The van der Waals surface area contributed by atoms with Crippen molar-refractivity contribution < 1.29 is 9.21 Å². The molecule has 0 atom stereocenters. The number of thiazole rings is 1. The molecule has 0 spiro atoms. The molecule has 2 aromatic carbocycles. The molecule has 4 rings (SSSR count). The molecule has 0 aliphatic rings. The zero-order valence-electron chi connectivity index (χ0n) is 14.7.